The molecule has 2 rings (SSSR count). The lowest BCUT2D eigenvalue weighted by Crippen LogP contribution is -2.29. The molecule has 0 spiro atoms. The van der Waals surface area contributed by atoms with Gasteiger partial charge in [0.1, 0.15) is 5.60 Å². The zero-order valence-electron chi connectivity index (χ0n) is 8.12. The van der Waals surface area contributed by atoms with Gasteiger partial charge in [0.05, 0.1) is 4.88 Å². The van der Waals surface area contributed by atoms with E-state index in [4.69, 9.17) is 0 Å². The van der Waals surface area contributed by atoms with Gasteiger partial charge in [0.2, 0.25) is 0 Å². The van der Waals surface area contributed by atoms with Gasteiger partial charge in [-0.3, -0.25) is 0 Å². The minimum absolute atomic E-state index is 0.706. The third kappa shape index (κ3) is 2.37. The quantitative estimate of drug-likeness (QED) is 0.647. The second-order valence-corrected chi connectivity index (χ2v) is 4.77. The Balaban J connectivity index is 2.08. The van der Waals surface area contributed by atoms with Crippen LogP contribution in [-0.4, -0.2) is 10.7 Å². The van der Waals surface area contributed by atoms with Crippen molar-refractivity contribution in [1.82, 2.24) is 0 Å². The molecule has 0 aromatic carbocycles. The molecule has 1 aliphatic carbocycles. The van der Waals surface area contributed by atoms with E-state index in [0.29, 0.717) is 0 Å². The maximum atomic E-state index is 10.1. The van der Waals surface area contributed by atoms with Gasteiger partial charge >= 0.3 is 0 Å². The summed E-state index contributed by atoms with van der Waals surface area (Å²) in [5.41, 5.74) is -0.706. The van der Waals surface area contributed by atoms with E-state index < -0.39 is 5.60 Å². The lowest BCUT2D eigenvalue weighted by molar-refractivity contribution is 0.0610. The van der Waals surface area contributed by atoms with Crippen LogP contribution >= 0.6 is 11.3 Å². The molecule has 0 saturated heterocycles. The summed E-state index contributed by atoms with van der Waals surface area (Å²) in [6.45, 7) is 0. The molecule has 1 N–H and O–H groups in total. The number of aliphatic hydroxyl groups is 1. The molecular formula is C12H14OS. The molecule has 0 atom stereocenters. The van der Waals surface area contributed by atoms with Crippen LogP contribution in [0.25, 0.3) is 0 Å². The third-order valence-electron chi connectivity index (χ3n) is 2.62. The van der Waals surface area contributed by atoms with Crippen molar-refractivity contribution in [3.05, 3.63) is 22.4 Å². The largest absolute Gasteiger partial charge is 0.378 e. The molecule has 1 fully saturated rings. The van der Waals surface area contributed by atoms with Crippen LogP contribution in [-0.2, 0) is 0 Å². The van der Waals surface area contributed by atoms with Crippen LogP contribution in [0.1, 0.15) is 37.0 Å². The Morgan fingerprint density at radius 1 is 1.29 bits per heavy atom. The highest BCUT2D eigenvalue weighted by Gasteiger charge is 2.26. The molecule has 1 saturated carbocycles. The molecule has 0 aliphatic heterocycles. The van der Waals surface area contributed by atoms with E-state index >= 15 is 0 Å². The number of thiophene rings is 1. The van der Waals surface area contributed by atoms with E-state index in [1.807, 2.05) is 17.5 Å². The summed E-state index contributed by atoms with van der Waals surface area (Å²) in [6, 6.07) is 3.98. The summed E-state index contributed by atoms with van der Waals surface area (Å²) >= 11 is 1.63. The van der Waals surface area contributed by atoms with Gasteiger partial charge in [-0.1, -0.05) is 24.3 Å². The van der Waals surface area contributed by atoms with Crippen molar-refractivity contribution in [2.75, 3.05) is 0 Å². The molecule has 1 nitrogen and oxygen atoms in total. The average molecular weight is 206 g/mol. The highest BCUT2D eigenvalue weighted by molar-refractivity contribution is 7.10. The monoisotopic (exact) mass is 206 g/mol. The minimum atomic E-state index is -0.706. The highest BCUT2D eigenvalue weighted by atomic mass is 32.1. The summed E-state index contributed by atoms with van der Waals surface area (Å²) < 4.78 is 0. The standard InChI is InChI=1S/C12H14OS/c13-12(7-2-1-3-8-12)9-6-11-5-4-10-14-11/h4-5,10,13H,1-3,7-8H2. The molecule has 74 valence electrons. The molecule has 1 aromatic heterocycles. The summed E-state index contributed by atoms with van der Waals surface area (Å²) in [5.74, 6) is 6.07. The molecule has 0 amide bonds. The fourth-order valence-electron chi connectivity index (χ4n) is 1.79. The lowest BCUT2D eigenvalue weighted by Gasteiger charge is -2.26. The Morgan fingerprint density at radius 2 is 2.07 bits per heavy atom. The molecular weight excluding hydrogens is 192 g/mol. The van der Waals surface area contributed by atoms with E-state index in [9.17, 15) is 5.11 Å². The van der Waals surface area contributed by atoms with E-state index in [1.165, 1.54) is 6.42 Å². The van der Waals surface area contributed by atoms with Gasteiger partial charge < -0.3 is 5.11 Å². The SMILES string of the molecule is OC1(C#Cc2cccs2)CCCCC1. The molecule has 0 radical (unpaired) electrons. The Labute approximate surface area is 88.8 Å². The van der Waals surface area contributed by atoms with Crippen molar-refractivity contribution in [2.24, 2.45) is 0 Å². The first-order chi connectivity index (χ1) is 6.79. The highest BCUT2D eigenvalue weighted by Crippen LogP contribution is 2.27. The molecule has 14 heavy (non-hydrogen) atoms. The van der Waals surface area contributed by atoms with E-state index in [2.05, 4.69) is 11.8 Å². The van der Waals surface area contributed by atoms with Crippen LogP contribution in [0.5, 0.6) is 0 Å². The Morgan fingerprint density at radius 3 is 2.71 bits per heavy atom. The minimum Gasteiger partial charge on any atom is -0.378 e. The van der Waals surface area contributed by atoms with Gasteiger partial charge in [0.25, 0.3) is 0 Å². The fourth-order valence-corrected chi connectivity index (χ4v) is 2.36. The number of hydrogen-bond acceptors (Lipinski definition) is 2. The summed E-state index contributed by atoms with van der Waals surface area (Å²) in [7, 11) is 0. The molecule has 1 aromatic rings. The second kappa shape index (κ2) is 4.16. The predicted molar refractivity (Wildman–Crippen MR) is 59.2 cm³/mol. The normalized spacial score (nSPS) is 19.8. The molecule has 1 aliphatic rings. The van der Waals surface area contributed by atoms with Gasteiger partial charge in [0.15, 0.2) is 0 Å². The lowest BCUT2D eigenvalue weighted by atomic mass is 9.85. The van der Waals surface area contributed by atoms with Gasteiger partial charge in [-0.2, -0.15) is 0 Å². The van der Waals surface area contributed by atoms with E-state index in [-0.39, 0.29) is 0 Å². The maximum absolute atomic E-state index is 10.1. The van der Waals surface area contributed by atoms with Crippen LogP contribution in [0.3, 0.4) is 0 Å². The van der Waals surface area contributed by atoms with E-state index in [1.54, 1.807) is 11.3 Å². The van der Waals surface area contributed by atoms with E-state index in [0.717, 1.165) is 30.6 Å². The zero-order chi connectivity index (χ0) is 9.86. The van der Waals surface area contributed by atoms with Gasteiger partial charge in [-0.05, 0) is 37.1 Å². The third-order valence-corrected chi connectivity index (χ3v) is 3.41. The first-order valence-electron chi connectivity index (χ1n) is 5.08. The summed E-state index contributed by atoms with van der Waals surface area (Å²) in [5, 5.41) is 12.1. The van der Waals surface area contributed by atoms with Crippen molar-refractivity contribution in [1.29, 1.82) is 0 Å². The fraction of sp³-hybridized carbons (Fsp3) is 0.500. The van der Waals surface area contributed by atoms with Gasteiger partial charge in [0, 0.05) is 0 Å². The average Bonchev–Trinajstić information content (AvgIpc) is 2.69. The maximum Gasteiger partial charge on any atom is 0.125 e. The smallest absolute Gasteiger partial charge is 0.125 e. The second-order valence-electron chi connectivity index (χ2n) is 3.82. The van der Waals surface area contributed by atoms with Crippen molar-refractivity contribution >= 4 is 11.3 Å². The van der Waals surface area contributed by atoms with Crippen LogP contribution < -0.4 is 0 Å². The number of rotatable bonds is 0. The predicted octanol–water partition coefficient (Wildman–Crippen LogP) is 2.79. The van der Waals surface area contributed by atoms with Crippen molar-refractivity contribution < 1.29 is 5.11 Å². The first kappa shape index (κ1) is 9.76. The van der Waals surface area contributed by atoms with Crippen LogP contribution in [0.4, 0.5) is 0 Å². The van der Waals surface area contributed by atoms with Crippen molar-refractivity contribution in [2.45, 2.75) is 37.7 Å². The van der Waals surface area contributed by atoms with Crippen molar-refractivity contribution in [3.63, 3.8) is 0 Å². The molecule has 0 unspecified atom stereocenters. The van der Waals surface area contributed by atoms with Crippen LogP contribution in [0.2, 0.25) is 0 Å². The summed E-state index contributed by atoms with van der Waals surface area (Å²) in [6.07, 6.45) is 5.13. The molecule has 1 heterocycles. The molecule has 0 bridgehead atoms. The zero-order valence-corrected chi connectivity index (χ0v) is 8.94. The number of hydrogen-bond donors (Lipinski definition) is 1. The topological polar surface area (TPSA) is 20.2 Å². The van der Waals surface area contributed by atoms with Gasteiger partial charge in [-0.15, -0.1) is 11.3 Å². The van der Waals surface area contributed by atoms with Gasteiger partial charge in [-0.25, -0.2) is 0 Å². The van der Waals surface area contributed by atoms with Crippen LogP contribution in [0.15, 0.2) is 17.5 Å². The Kier molecular flexibility index (Phi) is 2.90. The van der Waals surface area contributed by atoms with Crippen molar-refractivity contribution in [3.8, 4) is 11.8 Å². The first-order valence-corrected chi connectivity index (χ1v) is 5.96. The van der Waals surface area contributed by atoms with Crippen LogP contribution in [0, 0.1) is 11.8 Å². The summed E-state index contributed by atoms with van der Waals surface area (Å²) in [4.78, 5) is 1.05. The molecule has 2 heteroatoms. The Bertz CT molecular complexity index is 336. The Hall–Kier alpha value is -0.780.